The third kappa shape index (κ3) is 1.27. The maximum absolute atomic E-state index is 4.32. The smallest absolute Gasteiger partial charge is 0.164 e. The Morgan fingerprint density at radius 1 is 1.12 bits per heavy atom. The molecule has 16 heavy (non-hydrogen) atoms. The maximum Gasteiger partial charge on any atom is 0.164 e. The predicted molar refractivity (Wildman–Crippen MR) is 61.7 cm³/mol. The highest BCUT2D eigenvalue weighted by atomic mass is 15.2. The van der Waals surface area contributed by atoms with Gasteiger partial charge in [0.05, 0.1) is 5.52 Å². The molecule has 0 saturated heterocycles. The van der Waals surface area contributed by atoms with Gasteiger partial charge in [0.1, 0.15) is 6.33 Å². The Morgan fingerprint density at radius 2 is 2.00 bits per heavy atom. The number of benzene rings is 1. The van der Waals surface area contributed by atoms with Crippen molar-refractivity contribution in [2.75, 3.05) is 0 Å². The van der Waals surface area contributed by atoms with E-state index in [1.54, 1.807) is 12.5 Å². The van der Waals surface area contributed by atoms with Crippen molar-refractivity contribution in [3.63, 3.8) is 0 Å². The highest BCUT2D eigenvalue weighted by molar-refractivity contribution is 5.92. The number of para-hydroxylation sites is 1. The van der Waals surface area contributed by atoms with Crippen molar-refractivity contribution in [3.8, 4) is 11.4 Å². The summed E-state index contributed by atoms with van der Waals surface area (Å²) in [6.45, 7) is 0. The molecule has 3 rings (SSSR count). The highest BCUT2D eigenvalue weighted by Crippen LogP contribution is 2.24. The summed E-state index contributed by atoms with van der Waals surface area (Å²) in [6.07, 6.45) is 3.50. The molecule has 2 aromatic heterocycles. The molecule has 0 radical (unpaired) electrons. The summed E-state index contributed by atoms with van der Waals surface area (Å²) < 4.78 is 1.90. The molecule has 0 bridgehead atoms. The molecule has 0 spiro atoms. The highest BCUT2D eigenvalue weighted by Gasteiger charge is 2.08. The van der Waals surface area contributed by atoms with E-state index in [4.69, 9.17) is 0 Å². The van der Waals surface area contributed by atoms with Crippen molar-refractivity contribution in [1.29, 1.82) is 0 Å². The van der Waals surface area contributed by atoms with Gasteiger partial charge in [0.15, 0.2) is 5.82 Å². The van der Waals surface area contributed by atoms with E-state index in [-0.39, 0.29) is 0 Å². The van der Waals surface area contributed by atoms with Gasteiger partial charge in [-0.25, -0.2) is 0 Å². The monoisotopic (exact) mass is 210 g/mol. The third-order valence-electron chi connectivity index (χ3n) is 2.60. The Morgan fingerprint density at radius 3 is 2.81 bits per heavy atom. The van der Waals surface area contributed by atoms with E-state index in [2.05, 4.69) is 15.2 Å². The molecule has 0 amide bonds. The average molecular weight is 210 g/mol. The third-order valence-corrected chi connectivity index (χ3v) is 2.60. The number of hydrogen-bond acceptors (Lipinski definition) is 3. The zero-order valence-corrected chi connectivity index (χ0v) is 8.83. The standard InChI is InChI=1S/C12H10N4/c1-16-8-14-15-12(16)10-6-7-13-11-5-3-2-4-9(10)11/h2-8H,1H3. The van der Waals surface area contributed by atoms with Gasteiger partial charge >= 0.3 is 0 Å². The van der Waals surface area contributed by atoms with Crippen LogP contribution in [0.1, 0.15) is 0 Å². The Labute approximate surface area is 92.6 Å². The van der Waals surface area contributed by atoms with Crippen molar-refractivity contribution < 1.29 is 0 Å². The topological polar surface area (TPSA) is 43.6 Å². The second-order valence-corrected chi connectivity index (χ2v) is 3.64. The minimum atomic E-state index is 0.860. The fourth-order valence-electron chi connectivity index (χ4n) is 1.82. The van der Waals surface area contributed by atoms with E-state index in [1.165, 1.54) is 0 Å². The van der Waals surface area contributed by atoms with Crippen LogP contribution in [0.15, 0.2) is 42.9 Å². The lowest BCUT2D eigenvalue weighted by Gasteiger charge is -2.04. The molecule has 0 saturated carbocycles. The largest absolute Gasteiger partial charge is 0.317 e. The number of rotatable bonds is 1. The fraction of sp³-hybridized carbons (Fsp3) is 0.0833. The second-order valence-electron chi connectivity index (χ2n) is 3.64. The number of aromatic nitrogens is 4. The van der Waals surface area contributed by atoms with Crippen LogP contribution in [0.3, 0.4) is 0 Å². The number of aryl methyl sites for hydroxylation is 1. The molecule has 0 unspecified atom stereocenters. The van der Waals surface area contributed by atoms with Gasteiger partial charge in [0, 0.05) is 24.2 Å². The van der Waals surface area contributed by atoms with Crippen LogP contribution in [0.2, 0.25) is 0 Å². The normalized spacial score (nSPS) is 10.8. The summed E-state index contributed by atoms with van der Waals surface area (Å²) in [6, 6.07) is 9.99. The van der Waals surface area contributed by atoms with Gasteiger partial charge in [0.2, 0.25) is 0 Å². The molecule has 0 fully saturated rings. The minimum Gasteiger partial charge on any atom is -0.317 e. The Hall–Kier alpha value is -2.23. The summed E-state index contributed by atoms with van der Waals surface area (Å²) >= 11 is 0. The van der Waals surface area contributed by atoms with Crippen molar-refractivity contribution in [2.45, 2.75) is 0 Å². The van der Waals surface area contributed by atoms with Gasteiger partial charge in [-0.05, 0) is 12.1 Å². The van der Waals surface area contributed by atoms with Gasteiger partial charge < -0.3 is 4.57 Å². The molecule has 0 N–H and O–H groups in total. The van der Waals surface area contributed by atoms with Gasteiger partial charge in [-0.3, -0.25) is 4.98 Å². The van der Waals surface area contributed by atoms with Crippen LogP contribution in [0.25, 0.3) is 22.3 Å². The van der Waals surface area contributed by atoms with Crippen LogP contribution in [-0.4, -0.2) is 19.7 Å². The molecule has 0 atom stereocenters. The first-order valence-electron chi connectivity index (χ1n) is 5.04. The molecule has 4 heteroatoms. The summed E-state index contributed by atoms with van der Waals surface area (Å²) in [5.74, 6) is 0.860. The molecular weight excluding hydrogens is 200 g/mol. The lowest BCUT2D eigenvalue weighted by molar-refractivity contribution is 0.920. The maximum atomic E-state index is 4.32. The molecule has 1 aromatic carbocycles. The zero-order chi connectivity index (χ0) is 11.0. The predicted octanol–water partition coefficient (Wildman–Crippen LogP) is 2.03. The molecule has 3 aromatic rings. The van der Waals surface area contributed by atoms with Gasteiger partial charge in [-0.1, -0.05) is 18.2 Å². The van der Waals surface area contributed by atoms with Crippen LogP contribution < -0.4 is 0 Å². The van der Waals surface area contributed by atoms with Crippen LogP contribution >= 0.6 is 0 Å². The van der Waals surface area contributed by atoms with Crippen molar-refractivity contribution in [1.82, 2.24) is 19.7 Å². The Bertz CT molecular complexity index is 637. The number of nitrogens with zero attached hydrogens (tertiary/aromatic N) is 4. The first-order chi connectivity index (χ1) is 7.86. The molecule has 0 aliphatic heterocycles. The van der Waals surface area contributed by atoms with Crippen LogP contribution in [0, 0.1) is 0 Å². The number of pyridine rings is 1. The summed E-state index contributed by atoms with van der Waals surface area (Å²) in [7, 11) is 1.94. The van der Waals surface area contributed by atoms with Crippen LogP contribution in [-0.2, 0) is 7.05 Å². The van der Waals surface area contributed by atoms with E-state index in [9.17, 15) is 0 Å². The van der Waals surface area contributed by atoms with Crippen molar-refractivity contribution in [2.24, 2.45) is 7.05 Å². The molecular formula is C12H10N4. The van der Waals surface area contributed by atoms with E-state index >= 15 is 0 Å². The van der Waals surface area contributed by atoms with E-state index in [1.807, 2.05) is 41.9 Å². The first kappa shape index (κ1) is 9.03. The second kappa shape index (κ2) is 3.41. The quantitative estimate of drug-likeness (QED) is 0.617. The minimum absolute atomic E-state index is 0.860. The lowest BCUT2D eigenvalue weighted by atomic mass is 10.1. The lowest BCUT2D eigenvalue weighted by Crippen LogP contribution is -1.92. The molecule has 0 aliphatic carbocycles. The van der Waals surface area contributed by atoms with Crippen molar-refractivity contribution in [3.05, 3.63) is 42.9 Å². The zero-order valence-electron chi connectivity index (χ0n) is 8.83. The van der Waals surface area contributed by atoms with E-state index in [0.29, 0.717) is 0 Å². The first-order valence-corrected chi connectivity index (χ1v) is 5.04. The summed E-state index contributed by atoms with van der Waals surface area (Å²) in [5.41, 5.74) is 2.04. The number of hydrogen-bond donors (Lipinski definition) is 0. The SMILES string of the molecule is Cn1cnnc1-c1ccnc2ccccc12. The molecule has 0 aliphatic rings. The molecule has 78 valence electrons. The summed E-state index contributed by atoms with van der Waals surface area (Å²) in [4.78, 5) is 4.32. The average Bonchev–Trinajstić information content (AvgIpc) is 2.75. The fourth-order valence-corrected chi connectivity index (χ4v) is 1.82. The van der Waals surface area contributed by atoms with Gasteiger partial charge in [-0.15, -0.1) is 10.2 Å². The van der Waals surface area contributed by atoms with Crippen molar-refractivity contribution >= 4 is 10.9 Å². The summed E-state index contributed by atoms with van der Waals surface area (Å²) in [5, 5.41) is 9.12. The van der Waals surface area contributed by atoms with Crippen LogP contribution in [0.5, 0.6) is 0 Å². The van der Waals surface area contributed by atoms with E-state index < -0.39 is 0 Å². The van der Waals surface area contributed by atoms with Gasteiger partial charge in [-0.2, -0.15) is 0 Å². The Balaban J connectivity index is 2.36. The molecule has 2 heterocycles. The van der Waals surface area contributed by atoms with Gasteiger partial charge in [0.25, 0.3) is 0 Å². The number of fused-ring (bicyclic) bond motifs is 1. The molecule has 4 nitrogen and oxygen atoms in total. The van der Waals surface area contributed by atoms with E-state index in [0.717, 1.165) is 22.3 Å². The Kier molecular flexibility index (Phi) is 1.93. The van der Waals surface area contributed by atoms with Crippen LogP contribution in [0.4, 0.5) is 0 Å².